The molecule has 0 bridgehead atoms. The Labute approximate surface area is 105 Å². The van der Waals surface area contributed by atoms with Crippen LogP contribution in [-0.4, -0.2) is 33.5 Å². The van der Waals surface area contributed by atoms with Crippen LogP contribution in [-0.2, 0) is 16.1 Å². The Kier molecular flexibility index (Phi) is 4.82. The van der Waals surface area contributed by atoms with E-state index in [1.165, 1.54) is 4.68 Å². The Morgan fingerprint density at radius 3 is 2.61 bits per heavy atom. The number of amides is 1. The number of carbonyl (C=O) groups excluding carboxylic acids is 2. The molecule has 0 saturated heterocycles. The van der Waals surface area contributed by atoms with E-state index in [4.69, 9.17) is 10.5 Å². The maximum absolute atomic E-state index is 11.7. The predicted molar refractivity (Wildman–Crippen MR) is 63.9 cm³/mol. The molecule has 0 aliphatic rings. The summed E-state index contributed by atoms with van der Waals surface area (Å²) in [6.45, 7) is 6.16. The molecule has 1 heterocycles. The molecule has 1 aromatic heterocycles. The highest BCUT2D eigenvalue weighted by atomic mass is 16.5. The minimum atomic E-state index is -0.494. The van der Waals surface area contributed by atoms with Crippen molar-refractivity contribution in [2.24, 2.45) is 5.73 Å². The summed E-state index contributed by atoms with van der Waals surface area (Å²) in [6, 6.07) is 0. The van der Waals surface area contributed by atoms with Crippen LogP contribution < -0.4 is 5.73 Å². The summed E-state index contributed by atoms with van der Waals surface area (Å²) in [5.74, 6) is -0.864. The van der Waals surface area contributed by atoms with Gasteiger partial charge >= 0.3 is 5.97 Å². The number of nitrogens with zero attached hydrogens (tertiary/aromatic N) is 3. The number of primary amides is 1. The van der Waals surface area contributed by atoms with Crippen LogP contribution >= 0.6 is 0 Å². The number of hydrogen-bond acceptors (Lipinski definition) is 5. The van der Waals surface area contributed by atoms with Crippen molar-refractivity contribution in [3.05, 3.63) is 11.4 Å². The maximum atomic E-state index is 11.7. The first-order valence-corrected chi connectivity index (χ1v) is 5.86. The number of hydrogen-bond donors (Lipinski definition) is 1. The quantitative estimate of drug-likeness (QED) is 0.743. The molecule has 0 aliphatic heterocycles. The van der Waals surface area contributed by atoms with E-state index in [0.29, 0.717) is 12.2 Å². The van der Waals surface area contributed by atoms with Crippen LogP contribution in [0.2, 0.25) is 0 Å². The van der Waals surface area contributed by atoms with Gasteiger partial charge in [0.15, 0.2) is 5.69 Å². The fourth-order valence-electron chi connectivity index (χ4n) is 1.62. The van der Waals surface area contributed by atoms with E-state index in [2.05, 4.69) is 10.3 Å². The van der Waals surface area contributed by atoms with Crippen molar-refractivity contribution in [3.8, 4) is 0 Å². The largest absolute Gasteiger partial charge is 0.461 e. The van der Waals surface area contributed by atoms with Crippen molar-refractivity contribution >= 4 is 11.9 Å². The van der Waals surface area contributed by atoms with E-state index in [9.17, 15) is 9.59 Å². The van der Waals surface area contributed by atoms with E-state index >= 15 is 0 Å². The number of aromatic nitrogens is 3. The van der Waals surface area contributed by atoms with Gasteiger partial charge in [0.05, 0.1) is 18.8 Å². The van der Waals surface area contributed by atoms with E-state index in [0.717, 1.165) is 0 Å². The lowest BCUT2D eigenvalue weighted by molar-refractivity contribution is -0.118. The fourth-order valence-corrected chi connectivity index (χ4v) is 1.62. The summed E-state index contributed by atoms with van der Waals surface area (Å²) in [4.78, 5) is 22.5. The summed E-state index contributed by atoms with van der Waals surface area (Å²) >= 11 is 0. The molecule has 0 aromatic carbocycles. The molecule has 0 spiro atoms. The molecule has 7 heteroatoms. The Balaban J connectivity index is 2.99. The summed E-state index contributed by atoms with van der Waals surface area (Å²) in [5.41, 5.74) is 5.96. The number of aryl methyl sites for hydroxylation is 1. The molecular formula is C11H18N4O3. The highest BCUT2D eigenvalue weighted by Gasteiger charge is 2.22. The van der Waals surface area contributed by atoms with Gasteiger partial charge in [0.25, 0.3) is 0 Å². The van der Waals surface area contributed by atoms with Crippen LogP contribution in [0.3, 0.4) is 0 Å². The normalized spacial score (nSPS) is 10.7. The Hall–Kier alpha value is -1.92. The minimum Gasteiger partial charge on any atom is -0.461 e. The lowest BCUT2D eigenvalue weighted by atomic mass is 10.1. The first-order chi connectivity index (χ1) is 8.47. The highest BCUT2D eigenvalue weighted by Crippen LogP contribution is 2.18. The number of ether oxygens (including phenoxy) is 1. The van der Waals surface area contributed by atoms with Crippen molar-refractivity contribution in [2.75, 3.05) is 6.61 Å². The van der Waals surface area contributed by atoms with Gasteiger partial charge in [-0.2, -0.15) is 0 Å². The van der Waals surface area contributed by atoms with Gasteiger partial charge in [-0.1, -0.05) is 19.1 Å². The Morgan fingerprint density at radius 2 is 2.11 bits per heavy atom. The number of rotatable bonds is 6. The molecule has 0 saturated carbocycles. The third kappa shape index (κ3) is 3.28. The molecule has 0 unspecified atom stereocenters. The lowest BCUT2D eigenvalue weighted by Crippen LogP contribution is -2.17. The first kappa shape index (κ1) is 14.1. The second-order valence-electron chi connectivity index (χ2n) is 4.14. The second-order valence-corrected chi connectivity index (χ2v) is 4.14. The monoisotopic (exact) mass is 254 g/mol. The number of esters is 1. The van der Waals surface area contributed by atoms with Gasteiger partial charge in [0, 0.05) is 6.42 Å². The van der Waals surface area contributed by atoms with Gasteiger partial charge in [0.2, 0.25) is 5.91 Å². The molecule has 1 rings (SSSR count). The molecule has 2 N–H and O–H groups in total. The lowest BCUT2D eigenvalue weighted by Gasteiger charge is -2.09. The summed E-state index contributed by atoms with van der Waals surface area (Å²) in [6.07, 6.45) is 0.158. The molecule has 100 valence electrons. The number of carbonyl (C=O) groups is 2. The molecule has 1 aromatic rings. The molecule has 7 nitrogen and oxygen atoms in total. The Bertz CT molecular complexity index is 439. The second kappa shape index (κ2) is 6.13. The van der Waals surface area contributed by atoms with Crippen molar-refractivity contribution in [1.29, 1.82) is 0 Å². The standard InChI is InChI=1S/C11H18N4O3/c1-4-18-11(17)9-10(7(2)3)15(14-13-9)6-5-8(12)16/h7H,4-6H2,1-3H3,(H2,12,16). The van der Waals surface area contributed by atoms with Crippen LogP contribution in [0.5, 0.6) is 0 Å². The van der Waals surface area contributed by atoms with E-state index < -0.39 is 11.9 Å². The van der Waals surface area contributed by atoms with Gasteiger partial charge in [-0.3, -0.25) is 4.79 Å². The van der Waals surface area contributed by atoms with Crippen LogP contribution in [0, 0.1) is 0 Å². The smallest absolute Gasteiger partial charge is 0.360 e. The third-order valence-electron chi connectivity index (χ3n) is 2.36. The van der Waals surface area contributed by atoms with E-state index in [1.54, 1.807) is 6.92 Å². The van der Waals surface area contributed by atoms with Crippen LogP contribution in [0.25, 0.3) is 0 Å². The van der Waals surface area contributed by atoms with Gasteiger partial charge in [0.1, 0.15) is 0 Å². The maximum Gasteiger partial charge on any atom is 0.360 e. The van der Waals surface area contributed by atoms with Gasteiger partial charge in [-0.15, -0.1) is 5.10 Å². The molecule has 0 fully saturated rings. The molecule has 18 heavy (non-hydrogen) atoms. The first-order valence-electron chi connectivity index (χ1n) is 5.86. The molecular weight excluding hydrogens is 236 g/mol. The van der Waals surface area contributed by atoms with Crippen LogP contribution in [0.15, 0.2) is 0 Å². The zero-order valence-electron chi connectivity index (χ0n) is 10.8. The van der Waals surface area contributed by atoms with Gasteiger partial charge in [-0.25, -0.2) is 9.48 Å². The molecule has 1 amide bonds. The van der Waals surface area contributed by atoms with Crippen molar-refractivity contribution in [1.82, 2.24) is 15.0 Å². The van der Waals surface area contributed by atoms with E-state index in [-0.39, 0.29) is 24.6 Å². The average molecular weight is 254 g/mol. The van der Waals surface area contributed by atoms with Gasteiger partial charge in [-0.05, 0) is 12.8 Å². The zero-order chi connectivity index (χ0) is 13.7. The molecule has 0 aliphatic carbocycles. The average Bonchev–Trinajstić information content (AvgIpc) is 2.70. The highest BCUT2D eigenvalue weighted by molar-refractivity contribution is 5.88. The van der Waals surface area contributed by atoms with Crippen LogP contribution in [0.4, 0.5) is 0 Å². The van der Waals surface area contributed by atoms with Crippen LogP contribution in [0.1, 0.15) is 49.3 Å². The fraction of sp³-hybridized carbons (Fsp3) is 0.636. The minimum absolute atomic E-state index is 0.0484. The third-order valence-corrected chi connectivity index (χ3v) is 2.36. The van der Waals surface area contributed by atoms with Crippen molar-refractivity contribution < 1.29 is 14.3 Å². The van der Waals surface area contributed by atoms with E-state index in [1.807, 2.05) is 13.8 Å². The van der Waals surface area contributed by atoms with Crippen molar-refractivity contribution in [3.63, 3.8) is 0 Å². The summed E-state index contributed by atoms with van der Waals surface area (Å²) < 4.78 is 6.44. The predicted octanol–water partition coefficient (Wildman–Crippen LogP) is 0.454. The summed E-state index contributed by atoms with van der Waals surface area (Å²) in [5, 5.41) is 7.69. The summed E-state index contributed by atoms with van der Waals surface area (Å²) in [7, 11) is 0. The molecule has 0 atom stereocenters. The van der Waals surface area contributed by atoms with Crippen molar-refractivity contribution in [2.45, 2.75) is 39.7 Å². The zero-order valence-corrected chi connectivity index (χ0v) is 10.8. The number of nitrogens with two attached hydrogens (primary N) is 1. The Morgan fingerprint density at radius 1 is 1.44 bits per heavy atom. The molecule has 0 radical (unpaired) electrons. The van der Waals surface area contributed by atoms with Gasteiger partial charge < -0.3 is 10.5 Å². The SMILES string of the molecule is CCOC(=O)c1nnn(CCC(N)=O)c1C(C)C. The topological polar surface area (TPSA) is 100 Å².